The van der Waals surface area contributed by atoms with E-state index in [1.165, 1.54) is 12.8 Å². The van der Waals surface area contributed by atoms with Gasteiger partial charge in [-0.05, 0) is 31.8 Å². The van der Waals surface area contributed by atoms with Gasteiger partial charge in [-0.1, -0.05) is 42.4 Å². The lowest BCUT2D eigenvalue weighted by Gasteiger charge is -2.30. The summed E-state index contributed by atoms with van der Waals surface area (Å²) in [4.78, 5) is 2.36. The zero-order valence-electron chi connectivity index (χ0n) is 10.3. The number of rotatable bonds is 3. The number of hydrogen-bond acceptors (Lipinski definition) is 3. The summed E-state index contributed by atoms with van der Waals surface area (Å²) in [7, 11) is 0. The fourth-order valence-electron chi connectivity index (χ4n) is 2.24. The molecular formula is C14H20N2O. The molecule has 1 aliphatic heterocycles. The Kier molecular flexibility index (Phi) is 4.15. The molecule has 1 aromatic carbocycles. The third-order valence-electron chi connectivity index (χ3n) is 3.48. The van der Waals surface area contributed by atoms with Crippen LogP contribution < -0.4 is 0 Å². The first-order chi connectivity index (χ1) is 8.29. The summed E-state index contributed by atoms with van der Waals surface area (Å²) in [5.41, 5.74) is 1.77. The fourth-order valence-corrected chi connectivity index (χ4v) is 2.24. The van der Waals surface area contributed by atoms with Crippen LogP contribution in [0.2, 0.25) is 0 Å². The first kappa shape index (κ1) is 12.1. The lowest BCUT2D eigenvalue weighted by Crippen LogP contribution is -2.37. The van der Waals surface area contributed by atoms with Gasteiger partial charge in [-0.2, -0.15) is 0 Å². The Hall–Kier alpha value is -1.35. The van der Waals surface area contributed by atoms with Gasteiger partial charge in [0.2, 0.25) is 0 Å². The van der Waals surface area contributed by atoms with Crippen LogP contribution in [-0.4, -0.2) is 35.5 Å². The zero-order valence-corrected chi connectivity index (χ0v) is 10.3. The average molecular weight is 232 g/mol. The standard InChI is InChI=1S/C14H20N2O/c1-12-7-9-16(10-8-12)11-14(15-17)13-5-3-2-4-6-13/h2-6,12,17H,7-11H2,1H3/b15-14-. The lowest BCUT2D eigenvalue weighted by molar-refractivity contribution is 0.213. The summed E-state index contributed by atoms with van der Waals surface area (Å²) < 4.78 is 0. The van der Waals surface area contributed by atoms with Crippen molar-refractivity contribution in [2.45, 2.75) is 19.8 Å². The highest BCUT2D eigenvalue weighted by molar-refractivity contribution is 6.01. The van der Waals surface area contributed by atoms with E-state index in [1.807, 2.05) is 30.3 Å². The zero-order chi connectivity index (χ0) is 12.1. The van der Waals surface area contributed by atoms with Gasteiger partial charge in [0.1, 0.15) is 5.71 Å². The minimum Gasteiger partial charge on any atom is -0.411 e. The first-order valence-corrected chi connectivity index (χ1v) is 6.28. The van der Waals surface area contributed by atoms with Crippen molar-refractivity contribution in [2.24, 2.45) is 11.1 Å². The van der Waals surface area contributed by atoms with Crippen LogP contribution in [0.5, 0.6) is 0 Å². The van der Waals surface area contributed by atoms with E-state index >= 15 is 0 Å². The predicted molar refractivity (Wildman–Crippen MR) is 69.6 cm³/mol. The van der Waals surface area contributed by atoms with Gasteiger partial charge in [-0.25, -0.2) is 0 Å². The van der Waals surface area contributed by atoms with Crippen LogP contribution in [0.3, 0.4) is 0 Å². The Morgan fingerprint density at radius 1 is 1.29 bits per heavy atom. The summed E-state index contributed by atoms with van der Waals surface area (Å²) in [6.07, 6.45) is 2.49. The molecule has 1 N–H and O–H groups in total. The highest BCUT2D eigenvalue weighted by atomic mass is 16.4. The number of hydrogen-bond donors (Lipinski definition) is 1. The smallest absolute Gasteiger partial charge is 0.101 e. The molecule has 0 saturated carbocycles. The molecule has 92 valence electrons. The largest absolute Gasteiger partial charge is 0.411 e. The van der Waals surface area contributed by atoms with Gasteiger partial charge < -0.3 is 5.21 Å². The van der Waals surface area contributed by atoms with E-state index in [1.54, 1.807) is 0 Å². The molecule has 3 heteroatoms. The van der Waals surface area contributed by atoms with E-state index in [-0.39, 0.29) is 0 Å². The van der Waals surface area contributed by atoms with Crippen molar-refractivity contribution >= 4 is 5.71 Å². The second-order valence-electron chi connectivity index (χ2n) is 4.87. The predicted octanol–water partition coefficient (Wildman–Crippen LogP) is 2.60. The summed E-state index contributed by atoms with van der Waals surface area (Å²) in [5.74, 6) is 0.831. The van der Waals surface area contributed by atoms with Gasteiger partial charge in [-0.3, -0.25) is 4.90 Å². The van der Waals surface area contributed by atoms with Gasteiger partial charge in [0, 0.05) is 12.1 Å². The fraction of sp³-hybridized carbons (Fsp3) is 0.500. The van der Waals surface area contributed by atoms with Crippen LogP contribution in [0, 0.1) is 5.92 Å². The molecule has 2 rings (SSSR count). The van der Waals surface area contributed by atoms with Gasteiger partial charge in [0.05, 0.1) is 0 Å². The van der Waals surface area contributed by atoms with Crippen LogP contribution in [0.15, 0.2) is 35.5 Å². The molecule has 0 unspecified atom stereocenters. The van der Waals surface area contributed by atoms with Crippen molar-refractivity contribution < 1.29 is 5.21 Å². The molecule has 1 saturated heterocycles. The molecule has 0 spiro atoms. The summed E-state index contributed by atoms with van der Waals surface area (Å²) in [5, 5.41) is 12.6. The normalized spacial score (nSPS) is 19.5. The van der Waals surface area contributed by atoms with Crippen molar-refractivity contribution in [3.63, 3.8) is 0 Å². The van der Waals surface area contributed by atoms with E-state index in [0.29, 0.717) is 0 Å². The maximum Gasteiger partial charge on any atom is 0.101 e. The molecule has 0 amide bonds. The van der Waals surface area contributed by atoms with E-state index in [9.17, 15) is 0 Å². The van der Waals surface area contributed by atoms with Gasteiger partial charge in [0.25, 0.3) is 0 Å². The first-order valence-electron chi connectivity index (χ1n) is 6.28. The number of nitrogens with zero attached hydrogens (tertiary/aromatic N) is 2. The van der Waals surface area contributed by atoms with Crippen molar-refractivity contribution in [3.8, 4) is 0 Å². The Labute approximate surface area is 103 Å². The SMILES string of the molecule is CC1CCN(C/C(=N/O)c2ccccc2)CC1. The lowest BCUT2D eigenvalue weighted by atomic mass is 9.98. The van der Waals surface area contributed by atoms with E-state index in [4.69, 9.17) is 5.21 Å². The van der Waals surface area contributed by atoms with Gasteiger partial charge in [0.15, 0.2) is 0 Å². The second kappa shape index (κ2) is 5.82. The van der Waals surface area contributed by atoms with Crippen LogP contribution in [0.1, 0.15) is 25.3 Å². The van der Waals surface area contributed by atoms with E-state index in [2.05, 4.69) is 17.0 Å². The maximum atomic E-state index is 9.12. The van der Waals surface area contributed by atoms with Crippen LogP contribution in [0.25, 0.3) is 0 Å². The summed E-state index contributed by atoms with van der Waals surface area (Å²) >= 11 is 0. The van der Waals surface area contributed by atoms with Crippen molar-refractivity contribution in [2.75, 3.05) is 19.6 Å². The molecule has 0 atom stereocenters. The van der Waals surface area contributed by atoms with E-state index < -0.39 is 0 Å². The highest BCUT2D eigenvalue weighted by Gasteiger charge is 2.17. The highest BCUT2D eigenvalue weighted by Crippen LogP contribution is 2.16. The molecule has 0 bridgehead atoms. The molecule has 1 heterocycles. The molecule has 0 radical (unpaired) electrons. The number of benzene rings is 1. The van der Waals surface area contributed by atoms with Gasteiger partial charge >= 0.3 is 0 Å². The Morgan fingerprint density at radius 3 is 2.53 bits per heavy atom. The van der Waals surface area contributed by atoms with Crippen LogP contribution >= 0.6 is 0 Å². The molecule has 3 nitrogen and oxygen atoms in total. The van der Waals surface area contributed by atoms with Crippen molar-refractivity contribution in [1.29, 1.82) is 0 Å². The maximum absolute atomic E-state index is 9.12. The summed E-state index contributed by atoms with van der Waals surface area (Å²) in [6.45, 7) is 5.25. The molecule has 17 heavy (non-hydrogen) atoms. The van der Waals surface area contributed by atoms with Gasteiger partial charge in [-0.15, -0.1) is 0 Å². The Bertz CT molecular complexity index is 367. The summed E-state index contributed by atoms with van der Waals surface area (Å²) in [6, 6.07) is 9.89. The Morgan fingerprint density at radius 2 is 1.94 bits per heavy atom. The molecular weight excluding hydrogens is 212 g/mol. The van der Waals surface area contributed by atoms with Crippen molar-refractivity contribution in [3.05, 3.63) is 35.9 Å². The Balaban J connectivity index is 1.97. The monoisotopic (exact) mass is 232 g/mol. The number of likely N-dealkylation sites (tertiary alicyclic amines) is 1. The van der Waals surface area contributed by atoms with E-state index in [0.717, 1.165) is 36.8 Å². The quantitative estimate of drug-likeness (QED) is 0.494. The average Bonchev–Trinajstić information content (AvgIpc) is 2.39. The minimum atomic E-state index is 0.743. The molecule has 1 aromatic rings. The second-order valence-corrected chi connectivity index (χ2v) is 4.87. The van der Waals surface area contributed by atoms with Crippen LogP contribution in [0.4, 0.5) is 0 Å². The van der Waals surface area contributed by atoms with Crippen LogP contribution in [-0.2, 0) is 0 Å². The molecule has 0 aliphatic carbocycles. The molecule has 1 aliphatic rings. The number of piperidine rings is 1. The third-order valence-corrected chi connectivity index (χ3v) is 3.48. The molecule has 0 aromatic heterocycles. The number of oxime groups is 1. The molecule has 1 fully saturated rings. The van der Waals surface area contributed by atoms with Crippen molar-refractivity contribution in [1.82, 2.24) is 4.90 Å². The minimum absolute atomic E-state index is 0.743. The third kappa shape index (κ3) is 3.30. The topological polar surface area (TPSA) is 35.8 Å².